The summed E-state index contributed by atoms with van der Waals surface area (Å²) in [5, 5.41) is 13.1. The van der Waals surface area contributed by atoms with Crippen LogP contribution in [0.1, 0.15) is 24.5 Å². The van der Waals surface area contributed by atoms with E-state index in [9.17, 15) is 4.79 Å². The molecule has 20 heavy (non-hydrogen) atoms. The van der Waals surface area contributed by atoms with Gasteiger partial charge in [-0.25, -0.2) is 0 Å². The Kier molecular flexibility index (Phi) is 5.40. The highest BCUT2D eigenvalue weighted by Gasteiger charge is 2.19. The Morgan fingerprint density at radius 2 is 2.30 bits per heavy atom. The average Bonchev–Trinajstić information content (AvgIpc) is 2.42. The third-order valence-electron chi connectivity index (χ3n) is 3.74. The molecule has 0 aromatic heterocycles. The zero-order chi connectivity index (χ0) is 14.5. The maximum Gasteiger partial charge on any atom is 0.307 e. The molecule has 0 bridgehead atoms. The van der Waals surface area contributed by atoms with Crippen molar-refractivity contribution >= 4 is 17.6 Å². The molecule has 0 amide bonds. The molecule has 5 heteroatoms. The Labute approximate surface area is 124 Å². The van der Waals surface area contributed by atoms with E-state index in [1.54, 1.807) is 6.07 Å². The van der Waals surface area contributed by atoms with Crippen LogP contribution in [0.15, 0.2) is 18.2 Å². The Balaban J connectivity index is 2.10. The highest BCUT2D eigenvalue weighted by Crippen LogP contribution is 2.19. The van der Waals surface area contributed by atoms with Crippen molar-refractivity contribution in [2.75, 3.05) is 19.6 Å². The van der Waals surface area contributed by atoms with Gasteiger partial charge in [-0.3, -0.25) is 9.69 Å². The van der Waals surface area contributed by atoms with Gasteiger partial charge in [0.2, 0.25) is 0 Å². The molecular weight excluding hydrogens is 276 g/mol. The molecule has 0 aliphatic carbocycles. The van der Waals surface area contributed by atoms with E-state index in [0.717, 1.165) is 43.7 Å². The first-order valence-corrected chi connectivity index (χ1v) is 7.41. The Hall–Kier alpha value is -1.10. The number of benzene rings is 1. The number of carboxylic acids is 1. The van der Waals surface area contributed by atoms with Gasteiger partial charge in [0.05, 0.1) is 6.42 Å². The topological polar surface area (TPSA) is 52.6 Å². The van der Waals surface area contributed by atoms with Crippen LogP contribution in [0, 0.1) is 0 Å². The lowest BCUT2D eigenvalue weighted by molar-refractivity contribution is -0.136. The van der Waals surface area contributed by atoms with Crippen molar-refractivity contribution in [3.63, 3.8) is 0 Å². The van der Waals surface area contributed by atoms with Crippen molar-refractivity contribution in [2.45, 2.75) is 32.4 Å². The van der Waals surface area contributed by atoms with Crippen LogP contribution >= 0.6 is 11.6 Å². The minimum Gasteiger partial charge on any atom is -0.481 e. The van der Waals surface area contributed by atoms with Crippen LogP contribution in [0.3, 0.4) is 0 Å². The molecule has 1 aromatic rings. The molecule has 0 spiro atoms. The number of halogens is 1. The fourth-order valence-corrected chi connectivity index (χ4v) is 2.82. The number of rotatable bonds is 5. The van der Waals surface area contributed by atoms with Crippen molar-refractivity contribution in [1.82, 2.24) is 10.2 Å². The number of nitrogens with zero attached hydrogens (tertiary/aromatic N) is 1. The first kappa shape index (κ1) is 15.3. The average molecular weight is 297 g/mol. The van der Waals surface area contributed by atoms with Crippen LogP contribution in [0.2, 0.25) is 5.02 Å². The van der Waals surface area contributed by atoms with Gasteiger partial charge in [0.15, 0.2) is 0 Å². The number of piperazine rings is 1. The molecule has 0 unspecified atom stereocenters. The molecular formula is C15H21ClN2O2. The van der Waals surface area contributed by atoms with E-state index < -0.39 is 5.97 Å². The monoisotopic (exact) mass is 296 g/mol. The fraction of sp³-hybridized carbons (Fsp3) is 0.533. The van der Waals surface area contributed by atoms with Crippen LogP contribution in [0.5, 0.6) is 0 Å². The van der Waals surface area contributed by atoms with E-state index >= 15 is 0 Å². The largest absolute Gasteiger partial charge is 0.481 e. The van der Waals surface area contributed by atoms with E-state index in [1.165, 1.54) is 0 Å². The second-order valence-electron chi connectivity index (χ2n) is 5.28. The van der Waals surface area contributed by atoms with Crippen LogP contribution in [0.25, 0.3) is 0 Å². The van der Waals surface area contributed by atoms with Crippen molar-refractivity contribution in [1.29, 1.82) is 0 Å². The summed E-state index contributed by atoms with van der Waals surface area (Å²) < 4.78 is 0. The molecule has 1 atom stereocenters. The molecule has 2 rings (SSSR count). The van der Waals surface area contributed by atoms with E-state index in [1.807, 2.05) is 12.1 Å². The van der Waals surface area contributed by atoms with Crippen molar-refractivity contribution in [2.24, 2.45) is 0 Å². The number of nitrogens with one attached hydrogen (secondary N) is 1. The van der Waals surface area contributed by atoms with Gasteiger partial charge in [-0.15, -0.1) is 0 Å². The van der Waals surface area contributed by atoms with Crippen molar-refractivity contribution in [3.05, 3.63) is 34.3 Å². The van der Waals surface area contributed by atoms with Crippen molar-refractivity contribution < 1.29 is 9.90 Å². The number of hydrogen-bond donors (Lipinski definition) is 2. The van der Waals surface area contributed by atoms with Crippen LogP contribution in [-0.2, 0) is 17.8 Å². The van der Waals surface area contributed by atoms with Crippen LogP contribution in [-0.4, -0.2) is 41.7 Å². The highest BCUT2D eigenvalue weighted by molar-refractivity contribution is 6.30. The van der Waals surface area contributed by atoms with E-state index in [4.69, 9.17) is 16.7 Å². The second kappa shape index (κ2) is 7.07. The van der Waals surface area contributed by atoms with Gasteiger partial charge in [0.25, 0.3) is 0 Å². The summed E-state index contributed by atoms with van der Waals surface area (Å²) in [7, 11) is 0. The zero-order valence-corrected chi connectivity index (χ0v) is 12.5. The molecule has 1 aliphatic rings. The normalized spacial score (nSPS) is 20.0. The van der Waals surface area contributed by atoms with E-state index in [2.05, 4.69) is 17.1 Å². The van der Waals surface area contributed by atoms with Gasteiger partial charge < -0.3 is 10.4 Å². The lowest BCUT2D eigenvalue weighted by Crippen LogP contribution is -2.49. The first-order valence-electron chi connectivity index (χ1n) is 7.03. The lowest BCUT2D eigenvalue weighted by Gasteiger charge is -2.33. The number of carboxylic acid groups (broad SMARTS) is 1. The molecule has 1 aliphatic heterocycles. The summed E-state index contributed by atoms with van der Waals surface area (Å²) in [4.78, 5) is 13.3. The maximum absolute atomic E-state index is 10.9. The SMILES string of the molecule is CC[C@H]1CN(Cc2cc(Cl)ccc2CC(=O)O)CCN1. The molecule has 0 radical (unpaired) electrons. The van der Waals surface area contributed by atoms with Crippen molar-refractivity contribution in [3.8, 4) is 0 Å². The quantitative estimate of drug-likeness (QED) is 0.874. The molecule has 0 saturated carbocycles. The van der Waals surface area contributed by atoms with Gasteiger partial charge in [-0.1, -0.05) is 24.6 Å². The minimum absolute atomic E-state index is 0.0514. The number of carbonyl (C=O) groups is 1. The van der Waals surface area contributed by atoms with E-state index in [0.29, 0.717) is 11.1 Å². The van der Waals surface area contributed by atoms with Gasteiger partial charge >= 0.3 is 5.97 Å². The number of aliphatic carboxylic acids is 1. The fourth-order valence-electron chi connectivity index (χ4n) is 2.63. The third kappa shape index (κ3) is 4.20. The third-order valence-corrected chi connectivity index (χ3v) is 3.97. The minimum atomic E-state index is -0.805. The van der Waals surface area contributed by atoms with Gasteiger partial charge in [-0.05, 0) is 29.7 Å². The van der Waals surface area contributed by atoms with Crippen LogP contribution in [0.4, 0.5) is 0 Å². The molecule has 1 heterocycles. The Bertz CT molecular complexity index is 479. The summed E-state index contributed by atoms with van der Waals surface area (Å²) >= 11 is 6.05. The lowest BCUT2D eigenvalue weighted by atomic mass is 10.0. The summed E-state index contributed by atoms with van der Waals surface area (Å²) in [5.74, 6) is -0.805. The first-order chi connectivity index (χ1) is 9.58. The highest BCUT2D eigenvalue weighted by atomic mass is 35.5. The second-order valence-corrected chi connectivity index (χ2v) is 5.71. The summed E-state index contributed by atoms with van der Waals surface area (Å²) in [6, 6.07) is 6.00. The molecule has 2 N–H and O–H groups in total. The van der Waals surface area contributed by atoms with Gasteiger partial charge in [0, 0.05) is 37.2 Å². The smallest absolute Gasteiger partial charge is 0.307 e. The molecule has 110 valence electrons. The predicted molar refractivity (Wildman–Crippen MR) is 80.2 cm³/mol. The Morgan fingerprint density at radius 1 is 1.50 bits per heavy atom. The summed E-state index contributed by atoms with van der Waals surface area (Å²) in [5.41, 5.74) is 1.88. The zero-order valence-electron chi connectivity index (χ0n) is 11.7. The van der Waals surface area contributed by atoms with Gasteiger partial charge in [-0.2, -0.15) is 0 Å². The summed E-state index contributed by atoms with van der Waals surface area (Å²) in [6.45, 7) is 5.90. The van der Waals surface area contributed by atoms with Gasteiger partial charge in [0.1, 0.15) is 0 Å². The molecule has 4 nitrogen and oxygen atoms in total. The molecule has 1 fully saturated rings. The van der Waals surface area contributed by atoms with E-state index in [-0.39, 0.29) is 6.42 Å². The standard InChI is InChI=1S/C15H21ClN2O2/c1-2-14-10-18(6-5-17-14)9-12-7-13(16)4-3-11(12)8-15(19)20/h3-4,7,14,17H,2,5-6,8-10H2,1H3,(H,19,20)/t14-/m0/s1. The Morgan fingerprint density at radius 3 is 3.00 bits per heavy atom. The summed E-state index contributed by atoms with van der Waals surface area (Å²) in [6.07, 6.45) is 1.16. The maximum atomic E-state index is 10.9. The van der Waals surface area contributed by atoms with Crippen LogP contribution < -0.4 is 5.32 Å². The molecule has 1 saturated heterocycles. The number of hydrogen-bond acceptors (Lipinski definition) is 3. The predicted octanol–water partition coefficient (Wildman–Crippen LogP) is 2.15. The molecule has 1 aromatic carbocycles.